The summed E-state index contributed by atoms with van der Waals surface area (Å²) < 4.78 is 29.8. The fraction of sp³-hybridized carbons (Fsp3) is 0.520. The average molecular weight is 458 g/mol. The van der Waals surface area contributed by atoms with Crippen molar-refractivity contribution < 1.29 is 13.2 Å². The maximum Gasteiger partial charge on any atom is 0.151 e. The van der Waals surface area contributed by atoms with Crippen molar-refractivity contribution in [1.29, 1.82) is 0 Å². The highest BCUT2D eigenvalue weighted by atomic mass is 32.2. The zero-order chi connectivity index (χ0) is 22.4. The summed E-state index contributed by atoms with van der Waals surface area (Å²) in [6, 6.07) is 14.4. The van der Waals surface area contributed by atoms with E-state index in [4.69, 9.17) is 4.74 Å². The molecule has 2 unspecified atom stereocenters. The molecule has 31 heavy (non-hydrogen) atoms. The molecule has 0 bridgehead atoms. The summed E-state index contributed by atoms with van der Waals surface area (Å²) in [4.78, 5) is 2.56. The lowest BCUT2D eigenvalue weighted by Gasteiger charge is -2.51. The Morgan fingerprint density at radius 2 is 1.74 bits per heavy atom. The number of benzene rings is 2. The second-order valence-electron chi connectivity index (χ2n) is 10.7. The summed E-state index contributed by atoms with van der Waals surface area (Å²) in [5.41, 5.74) is 5.03. The van der Waals surface area contributed by atoms with Crippen LogP contribution in [-0.2, 0) is 22.0 Å². The number of hydrogen-bond donors (Lipinski definition) is 0. The summed E-state index contributed by atoms with van der Waals surface area (Å²) in [5.74, 6) is 1.13. The first-order valence-corrected chi connectivity index (χ1v) is 16.9. The first-order chi connectivity index (χ1) is 14.4. The molecule has 2 atom stereocenters. The molecule has 4 nitrogen and oxygen atoms in total. The van der Waals surface area contributed by atoms with Crippen LogP contribution < -0.4 is 4.74 Å². The van der Waals surface area contributed by atoms with Crippen LogP contribution in [0.2, 0.25) is 19.6 Å². The van der Waals surface area contributed by atoms with E-state index in [9.17, 15) is 8.42 Å². The van der Waals surface area contributed by atoms with Crippen molar-refractivity contribution in [3.05, 3.63) is 53.6 Å². The second kappa shape index (κ2) is 8.05. The molecule has 0 aliphatic carbocycles. The van der Waals surface area contributed by atoms with Crippen LogP contribution in [0.1, 0.15) is 30.4 Å². The van der Waals surface area contributed by atoms with Gasteiger partial charge in [-0.2, -0.15) is 0 Å². The third kappa shape index (κ3) is 5.07. The lowest BCUT2D eigenvalue weighted by Crippen LogP contribution is -2.60. The largest absolute Gasteiger partial charge is 0.487 e. The van der Waals surface area contributed by atoms with Gasteiger partial charge in [-0.25, -0.2) is 8.42 Å². The van der Waals surface area contributed by atoms with E-state index in [1.807, 2.05) is 24.3 Å². The van der Waals surface area contributed by atoms with Crippen LogP contribution in [0, 0.1) is 0 Å². The van der Waals surface area contributed by atoms with Crippen LogP contribution in [0.5, 0.6) is 5.75 Å². The minimum absolute atomic E-state index is 0.0146. The molecule has 1 spiro atoms. The van der Waals surface area contributed by atoms with Gasteiger partial charge in [0.2, 0.25) is 0 Å². The maximum absolute atomic E-state index is 11.5. The third-order valence-electron chi connectivity index (χ3n) is 6.97. The van der Waals surface area contributed by atoms with Crippen LogP contribution in [0.25, 0.3) is 11.1 Å². The van der Waals surface area contributed by atoms with Gasteiger partial charge in [-0.15, -0.1) is 0 Å². The van der Waals surface area contributed by atoms with Gasteiger partial charge >= 0.3 is 0 Å². The molecule has 6 heteroatoms. The number of hydrogen-bond acceptors (Lipinski definition) is 4. The molecule has 2 heterocycles. The SMILES string of the molecule is CN1CCC2(CCc3cc(-c4ccc(CS(C)(=O)=O)cc4)ccc3O2)CC1[Si](C)(C)C. The van der Waals surface area contributed by atoms with E-state index < -0.39 is 17.9 Å². The molecule has 4 rings (SSSR count). The summed E-state index contributed by atoms with van der Waals surface area (Å²) in [7, 11) is -2.02. The van der Waals surface area contributed by atoms with E-state index in [0.717, 1.165) is 54.7 Å². The fourth-order valence-corrected chi connectivity index (χ4v) is 8.46. The van der Waals surface area contributed by atoms with Crippen molar-refractivity contribution in [2.75, 3.05) is 19.8 Å². The topological polar surface area (TPSA) is 46.6 Å². The highest BCUT2D eigenvalue weighted by Crippen LogP contribution is 2.43. The molecule has 2 aliphatic rings. The van der Waals surface area contributed by atoms with Gasteiger partial charge in [-0.05, 0) is 60.7 Å². The maximum atomic E-state index is 11.5. The Labute approximate surface area is 188 Å². The van der Waals surface area contributed by atoms with Crippen molar-refractivity contribution in [3.63, 3.8) is 0 Å². The summed E-state index contributed by atoms with van der Waals surface area (Å²) in [6.45, 7) is 8.52. The highest BCUT2D eigenvalue weighted by Gasteiger charge is 2.46. The van der Waals surface area contributed by atoms with Gasteiger partial charge in [0.1, 0.15) is 11.4 Å². The van der Waals surface area contributed by atoms with Crippen molar-refractivity contribution in [2.24, 2.45) is 0 Å². The standard InChI is InChI=1S/C25H35NO3SSi/c1-26-15-14-25(17-24(26)31(3,4)5)13-12-22-16-21(10-11-23(22)29-25)20-8-6-19(7-9-20)18-30(2,27)28/h6-11,16,24H,12-15,17-18H2,1-5H3. The Morgan fingerprint density at radius 1 is 1.06 bits per heavy atom. The summed E-state index contributed by atoms with van der Waals surface area (Å²) >= 11 is 0. The molecule has 0 N–H and O–H groups in total. The number of fused-ring (bicyclic) bond motifs is 1. The Hall–Kier alpha value is -1.63. The van der Waals surface area contributed by atoms with Gasteiger partial charge < -0.3 is 9.64 Å². The Kier molecular flexibility index (Phi) is 5.86. The predicted octanol–water partition coefficient (Wildman–Crippen LogP) is 4.93. The molecule has 2 aromatic rings. The first kappa shape index (κ1) is 22.6. The quantitative estimate of drug-likeness (QED) is 0.611. The van der Waals surface area contributed by atoms with E-state index in [2.05, 4.69) is 49.8 Å². The van der Waals surface area contributed by atoms with Gasteiger partial charge in [0.05, 0.1) is 13.8 Å². The van der Waals surface area contributed by atoms with Gasteiger partial charge in [-0.1, -0.05) is 50.0 Å². The molecule has 168 valence electrons. The highest BCUT2D eigenvalue weighted by molar-refractivity contribution is 7.89. The number of nitrogens with zero attached hydrogens (tertiary/aromatic N) is 1. The van der Waals surface area contributed by atoms with Crippen LogP contribution in [0.4, 0.5) is 0 Å². The number of aryl methyl sites for hydroxylation is 1. The molecule has 0 radical (unpaired) electrons. The van der Waals surface area contributed by atoms with Crippen LogP contribution >= 0.6 is 0 Å². The van der Waals surface area contributed by atoms with Crippen molar-refractivity contribution >= 4 is 17.9 Å². The zero-order valence-electron chi connectivity index (χ0n) is 19.4. The molecule has 2 aromatic carbocycles. The van der Waals surface area contributed by atoms with Crippen LogP contribution in [0.3, 0.4) is 0 Å². The lowest BCUT2D eigenvalue weighted by molar-refractivity contribution is -0.0191. The van der Waals surface area contributed by atoms with Crippen molar-refractivity contribution in [3.8, 4) is 16.9 Å². The monoisotopic (exact) mass is 457 g/mol. The Balaban J connectivity index is 1.53. The van der Waals surface area contributed by atoms with E-state index in [-0.39, 0.29) is 11.4 Å². The predicted molar refractivity (Wildman–Crippen MR) is 131 cm³/mol. The van der Waals surface area contributed by atoms with Crippen molar-refractivity contribution in [2.45, 2.75) is 62.3 Å². The molecule has 0 amide bonds. The summed E-state index contributed by atoms with van der Waals surface area (Å²) in [6.07, 6.45) is 5.66. The van der Waals surface area contributed by atoms with Crippen LogP contribution in [-0.4, -0.2) is 52.5 Å². The molecule has 1 fully saturated rings. The zero-order valence-corrected chi connectivity index (χ0v) is 21.3. The lowest BCUT2D eigenvalue weighted by atomic mass is 9.82. The van der Waals surface area contributed by atoms with Gasteiger partial charge in [-0.3, -0.25) is 0 Å². The van der Waals surface area contributed by atoms with E-state index in [1.165, 1.54) is 11.8 Å². The molecule has 2 aliphatic heterocycles. The smallest absolute Gasteiger partial charge is 0.151 e. The molecule has 1 saturated heterocycles. The average Bonchev–Trinajstić information content (AvgIpc) is 2.68. The minimum atomic E-state index is -3.01. The summed E-state index contributed by atoms with van der Waals surface area (Å²) in [5, 5.41) is 0. The number of ether oxygens (including phenoxy) is 1. The number of rotatable bonds is 4. The van der Waals surface area contributed by atoms with Gasteiger partial charge in [0.15, 0.2) is 9.84 Å². The number of piperidine rings is 1. The third-order valence-corrected chi connectivity index (χ3v) is 10.5. The molecular formula is C25H35NO3SSi. The minimum Gasteiger partial charge on any atom is -0.487 e. The molecule has 0 saturated carbocycles. The Bertz CT molecular complexity index is 1060. The van der Waals surface area contributed by atoms with Crippen LogP contribution in [0.15, 0.2) is 42.5 Å². The number of likely N-dealkylation sites (tertiary alicyclic amines) is 1. The molecule has 0 aromatic heterocycles. The van der Waals surface area contributed by atoms with E-state index >= 15 is 0 Å². The normalized spacial score (nSPS) is 24.6. The van der Waals surface area contributed by atoms with Gasteiger partial charge in [0.25, 0.3) is 0 Å². The van der Waals surface area contributed by atoms with E-state index in [1.54, 1.807) is 0 Å². The van der Waals surface area contributed by atoms with Crippen molar-refractivity contribution in [1.82, 2.24) is 4.90 Å². The molecular weight excluding hydrogens is 422 g/mol. The number of sulfone groups is 1. The second-order valence-corrected chi connectivity index (χ2v) is 18.2. The fourth-order valence-electron chi connectivity index (χ4n) is 5.23. The Morgan fingerprint density at radius 3 is 2.39 bits per heavy atom. The van der Waals surface area contributed by atoms with E-state index in [0.29, 0.717) is 5.67 Å². The van der Waals surface area contributed by atoms with Gasteiger partial charge in [0, 0.05) is 24.9 Å². The first-order valence-electron chi connectivity index (χ1n) is 11.2.